The summed E-state index contributed by atoms with van der Waals surface area (Å²) in [5.41, 5.74) is -0.112. The molecule has 0 aliphatic carbocycles. The van der Waals surface area contributed by atoms with Crippen LogP contribution in [0, 0.1) is 0 Å². The van der Waals surface area contributed by atoms with Gasteiger partial charge in [0.05, 0.1) is 16.7 Å². The molecule has 0 fully saturated rings. The first kappa shape index (κ1) is 13.8. The van der Waals surface area contributed by atoms with Gasteiger partial charge < -0.3 is 4.98 Å². The number of nitrogens with one attached hydrogen (secondary N) is 1. The van der Waals surface area contributed by atoms with Crippen molar-refractivity contribution < 1.29 is 0 Å². The molecule has 0 aromatic carbocycles. The van der Waals surface area contributed by atoms with E-state index in [1.807, 2.05) is 16.9 Å². The average molecular weight is 327 g/mol. The number of hydrogen-bond acceptors (Lipinski definition) is 3. The lowest BCUT2D eigenvalue weighted by atomic mass is 10.3. The quantitative estimate of drug-likeness (QED) is 0.925. The molecule has 6 nitrogen and oxygen atoms in total. The van der Waals surface area contributed by atoms with Crippen molar-refractivity contribution in [1.82, 2.24) is 19.3 Å². The molecular weight excluding hydrogens is 312 g/mol. The molecule has 0 radical (unpaired) electrons. The lowest BCUT2D eigenvalue weighted by Gasteiger charge is -2.08. The van der Waals surface area contributed by atoms with Crippen LogP contribution in [0.15, 0.2) is 32.5 Å². The number of aromatic amines is 1. The van der Waals surface area contributed by atoms with Crippen LogP contribution in [0.5, 0.6) is 0 Å². The maximum atomic E-state index is 11.9. The molecule has 1 atom stereocenters. The summed E-state index contributed by atoms with van der Waals surface area (Å²) in [6, 6.07) is 2.12. The predicted molar refractivity (Wildman–Crippen MR) is 75.4 cm³/mol. The molecule has 1 unspecified atom stereocenters. The maximum Gasteiger partial charge on any atom is 0.328 e. The molecule has 1 N–H and O–H groups in total. The van der Waals surface area contributed by atoms with E-state index in [0.717, 1.165) is 11.0 Å². The summed E-state index contributed by atoms with van der Waals surface area (Å²) in [6.45, 7) is 4.31. The summed E-state index contributed by atoms with van der Waals surface area (Å²) in [7, 11) is 0. The second-order valence-electron chi connectivity index (χ2n) is 4.38. The molecule has 0 aliphatic rings. The second-order valence-corrected chi connectivity index (χ2v) is 5.23. The topological polar surface area (TPSA) is 72.7 Å². The molecule has 2 heterocycles. The summed E-state index contributed by atoms with van der Waals surface area (Å²) in [4.78, 5) is 26.0. The zero-order valence-electron chi connectivity index (χ0n) is 10.8. The zero-order valence-corrected chi connectivity index (χ0v) is 12.3. The molecule has 0 spiro atoms. The van der Waals surface area contributed by atoms with Crippen molar-refractivity contribution in [2.45, 2.75) is 32.9 Å². The molecule has 2 rings (SSSR count). The van der Waals surface area contributed by atoms with Gasteiger partial charge in [-0.3, -0.25) is 14.0 Å². The van der Waals surface area contributed by atoms with Gasteiger partial charge >= 0.3 is 5.69 Å². The van der Waals surface area contributed by atoms with Gasteiger partial charge in [-0.2, -0.15) is 5.10 Å². The van der Waals surface area contributed by atoms with Gasteiger partial charge in [0.25, 0.3) is 5.56 Å². The first-order chi connectivity index (χ1) is 9.02. The van der Waals surface area contributed by atoms with E-state index in [9.17, 15) is 9.59 Å². The van der Waals surface area contributed by atoms with Crippen LogP contribution in [0.1, 0.15) is 32.0 Å². The summed E-state index contributed by atoms with van der Waals surface area (Å²) >= 11 is 3.10. The standard InChI is InChI=1S/C12H15BrN4O2/c1-3-8(2)17-5-4-9(15-17)7-16-11(18)10(13)6-14-12(16)19/h4-6,8H,3,7H2,1-2H3,(H,14,19). The van der Waals surface area contributed by atoms with Crippen LogP contribution in [-0.4, -0.2) is 19.3 Å². The third-order valence-corrected chi connectivity index (χ3v) is 3.61. The van der Waals surface area contributed by atoms with Crippen molar-refractivity contribution in [2.24, 2.45) is 0 Å². The first-order valence-electron chi connectivity index (χ1n) is 6.05. The largest absolute Gasteiger partial charge is 0.328 e. The van der Waals surface area contributed by atoms with Crippen LogP contribution >= 0.6 is 15.9 Å². The Kier molecular flexibility index (Phi) is 4.04. The Balaban J connectivity index is 2.32. The maximum absolute atomic E-state index is 11.9. The predicted octanol–water partition coefficient (Wildman–Crippen LogP) is 1.51. The molecule has 19 heavy (non-hydrogen) atoms. The summed E-state index contributed by atoms with van der Waals surface area (Å²) < 4.78 is 3.29. The van der Waals surface area contributed by atoms with Crippen molar-refractivity contribution in [3.05, 3.63) is 49.5 Å². The molecule has 102 valence electrons. The highest BCUT2D eigenvalue weighted by Gasteiger charge is 2.09. The molecule has 2 aromatic heterocycles. The minimum absolute atomic E-state index is 0.164. The molecule has 7 heteroatoms. The van der Waals surface area contributed by atoms with Crippen molar-refractivity contribution >= 4 is 15.9 Å². The van der Waals surface area contributed by atoms with Crippen LogP contribution in [0.2, 0.25) is 0 Å². The number of rotatable bonds is 4. The van der Waals surface area contributed by atoms with E-state index in [1.165, 1.54) is 6.20 Å². The molecule has 0 saturated heterocycles. The van der Waals surface area contributed by atoms with Crippen molar-refractivity contribution in [3.63, 3.8) is 0 Å². The van der Waals surface area contributed by atoms with Gasteiger partial charge in [0.15, 0.2) is 0 Å². The van der Waals surface area contributed by atoms with Gasteiger partial charge in [-0.1, -0.05) is 6.92 Å². The SMILES string of the molecule is CCC(C)n1ccc(Cn2c(=O)[nH]cc(Br)c2=O)n1. The number of H-pyrrole nitrogens is 1. The Morgan fingerprint density at radius 1 is 1.47 bits per heavy atom. The second kappa shape index (κ2) is 5.56. The summed E-state index contributed by atoms with van der Waals surface area (Å²) in [5.74, 6) is 0. The third-order valence-electron chi connectivity index (χ3n) is 3.04. The Morgan fingerprint density at radius 2 is 2.21 bits per heavy atom. The lowest BCUT2D eigenvalue weighted by molar-refractivity contribution is 0.471. The highest BCUT2D eigenvalue weighted by Crippen LogP contribution is 2.09. The fourth-order valence-corrected chi connectivity index (χ4v) is 2.01. The van der Waals surface area contributed by atoms with Gasteiger partial charge in [0, 0.05) is 18.4 Å². The molecule has 2 aromatic rings. The van der Waals surface area contributed by atoms with Gasteiger partial charge in [-0.25, -0.2) is 4.79 Å². The number of hydrogen-bond donors (Lipinski definition) is 1. The Morgan fingerprint density at radius 3 is 2.89 bits per heavy atom. The minimum Gasteiger partial charge on any atom is -0.313 e. The van der Waals surface area contributed by atoms with Crippen molar-refractivity contribution in [3.8, 4) is 0 Å². The molecule has 0 saturated carbocycles. The highest BCUT2D eigenvalue weighted by molar-refractivity contribution is 9.10. The van der Waals surface area contributed by atoms with Gasteiger partial charge in [0.2, 0.25) is 0 Å². The lowest BCUT2D eigenvalue weighted by Crippen LogP contribution is -2.35. The molecule has 0 amide bonds. The van der Waals surface area contributed by atoms with Crippen LogP contribution in [0.4, 0.5) is 0 Å². The minimum atomic E-state index is -0.439. The van der Waals surface area contributed by atoms with Crippen LogP contribution < -0.4 is 11.2 Å². The fourth-order valence-electron chi connectivity index (χ4n) is 1.69. The Labute approximate surface area is 118 Å². The first-order valence-corrected chi connectivity index (χ1v) is 6.84. The summed E-state index contributed by atoms with van der Waals surface area (Å²) in [5, 5.41) is 4.38. The van der Waals surface area contributed by atoms with Gasteiger partial charge in [-0.15, -0.1) is 0 Å². The van der Waals surface area contributed by atoms with Gasteiger partial charge in [-0.05, 0) is 35.3 Å². The molecular formula is C12H15BrN4O2. The van der Waals surface area contributed by atoms with Crippen LogP contribution in [-0.2, 0) is 6.54 Å². The molecule has 0 aliphatic heterocycles. The van der Waals surface area contributed by atoms with E-state index in [2.05, 4.69) is 39.9 Å². The fraction of sp³-hybridized carbons (Fsp3) is 0.417. The van der Waals surface area contributed by atoms with Crippen molar-refractivity contribution in [2.75, 3.05) is 0 Å². The molecule has 0 bridgehead atoms. The Hall–Kier alpha value is -1.63. The van der Waals surface area contributed by atoms with E-state index in [0.29, 0.717) is 16.2 Å². The zero-order chi connectivity index (χ0) is 14.0. The van der Waals surface area contributed by atoms with Gasteiger partial charge in [0.1, 0.15) is 0 Å². The number of halogens is 1. The van der Waals surface area contributed by atoms with Crippen molar-refractivity contribution in [1.29, 1.82) is 0 Å². The van der Waals surface area contributed by atoms with E-state index < -0.39 is 5.69 Å². The van der Waals surface area contributed by atoms with E-state index in [1.54, 1.807) is 0 Å². The third kappa shape index (κ3) is 2.86. The normalized spacial score (nSPS) is 12.6. The van der Waals surface area contributed by atoms with Crippen LogP contribution in [0.25, 0.3) is 0 Å². The smallest absolute Gasteiger partial charge is 0.313 e. The average Bonchev–Trinajstić information content (AvgIpc) is 2.87. The van der Waals surface area contributed by atoms with E-state index in [-0.39, 0.29) is 12.1 Å². The number of aromatic nitrogens is 4. The summed E-state index contributed by atoms with van der Waals surface area (Å²) in [6.07, 6.45) is 4.18. The monoisotopic (exact) mass is 326 g/mol. The Bertz CT molecular complexity index is 686. The van der Waals surface area contributed by atoms with E-state index >= 15 is 0 Å². The number of nitrogens with zero attached hydrogens (tertiary/aromatic N) is 3. The van der Waals surface area contributed by atoms with Crippen LogP contribution in [0.3, 0.4) is 0 Å². The highest BCUT2D eigenvalue weighted by atomic mass is 79.9. The van der Waals surface area contributed by atoms with E-state index in [4.69, 9.17) is 0 Å².